The van der Waals surface area contributed by atoms with Crippen molar-refractivity contribution >= 4 is 37.6 Å². The van der Waals surface area contributed by atoms with Crippen LogP contribution < -0.4 is 4.74 Å². The zero-order valence-electron chi connectivity index (χ0n) is 20.5. The highest BCUT2D eigenvalue weighted by atomic mass is 32.2. The summed E-state index contributed by atoms with van der Waals surface area (Å²) in [7, 11) is -3.23. The molecule has 1 fully saturated rings. The van der Waals surface area contributed by atoms with Crippen molar-refractivity contribution < 1.29 is 22.7 Å². The van der Waals surface area contributed by atoms with Gasteiger partial charge in [-0.05, 0) is 70.2 Å². The second-order valence-electron chi connectivity index (χ2n) is 9.84. The largest absolute Gasteiger partial charge is 0.470 e. The predicted molar refractivity (Wildman–Crippen MR) is 137 cm³/mol. The van der Waals surface area contributed by atoms with Crippen molar-refractivity contribution in [2.24, 2.45) is 5.92 Å². The molecule has 0 radical (unpaired) electrons. The Morgan fingerprint density at radius 2 is 1.77 bits per heavy atom. The number of hydrogen-bond donors (Lipinski definition) is 0. The number of piperidine rings is 1. The molecule has 8 nitrogen and oxygen atoms in total. The van der Waals surface area contributed by atoms with Crippen molar-refractivity contribution in [1.82, 2.24) is 14.9 Å². The van der Waals surface area contributed by atoms with Gasteiger partial charge in [-0.1, -0.05) is 23.5 Å². The van der Waals surface area contributed by atoms with Crippen LogP contribution in [0.5, 0.6) is 5.19 Å². The summed E-state index contributed by atoms with van der Waals surface area (Å²) in [5, 5.41) is 0.586. The summed E-state index contributed by atoms with van der Waals surface area (Å²) in [6, 6.07) is 10.5. The number of benzene rings is 1. The Labute approximate surface area is 210 Å². The molecule has 1 aliphatic heterocycles. The molecule has 0 unspecified atom stereocenters. The summed E-state index contributed by atoms with van der Waals surface area (Å²) < 4.78 is 34.7. The molecule has 3 heterocycles. The second-order valence-corrected chi connectivity index (χ2v) is 12.8. The molecule has 1 aromatic carbocycles. The predicted octanol–water partition coefficient (Wildman–Crippen LogP) is 5.18. The van der Waals surface area contributed by atoms with Gasteiger partial charge in [0, 0.05) is 24.9 Å². The number of thiazole rings is 1. The van der Waals surface area contributed by atoms with E-state index in [0.717, 1.165) is 40.9 Å². The summed E-state index contributed by atoms with van der Waals surface area (Å²) >= 11 is 1.40. The monoisotopic (exact) mass is 517 g/mol. The fourth-order valence-electron chi connectivity index (χ4n) is 3.94. The molecule has 3 aromatic rings. The van der Waals surface area contributed by atoms with Gasteiger partial charge in [0.05, 0.1) is 17.2 Å². The third-order valence-electron chi connectivity index (χ3n) is 5.83. The van der Waals surface area contributed by atoms with Crippen LogP contribution in [-0.4, -0.2) is 60.9 Å². The quantitative estimate of drug-likeness (QED) is 0.444. The van der Waals surface area contributed by atoms with E-state index >= 15 is 0 Å². The first-order valence-corrected chi connectivity index (χ1v) is 14.4. The number of nitrogens with zero attached hydrogens (tertiary/aromatic N) is 3. The van der Waals surface area contributed by atoms with Crippen molar-refractivity contribution in [3.63, 3.8) is 0 Å². The van der Waals surface area contributed by atoms with Crippen molar-refractivity contribution in [2.75, 3.05) is 26.0 Å². The number of hydrogen-bond acceptors (Lipinski definition) is 8. The molecular weight excluding hydrogens is 486 g/mol. The van der Waals surface area contributed by atoms with Gasteiger partial charge in [0.15, 0.2) is 9.84 Å². The zero-order chi connectivity index (χ0) is 25.2. The lowest BCUT2D eigenvalue weighted by atomic mass is 9.94. The Bertz CT molecular complexity index is 1290. The average molecular weight is 518 g/mol. The summed E-state index contributed by atoms with van der Waals surface area (Å²) in [5.41, 5.74) is 1.89. The minimum absolute atomic E-state index is 0.236. The topological polar surface area (TPSA) is 98.7 Å². The fraction of sp³-hybridized carbons (Fsp3) is 0.480. The van der Waals surface area contributed by atoms with Crippen LogP contribution in [-0.2, 0) is 14.6 Å². The number of pyridine rings is 1. The fourth-order valence-corrected chi connectivity index (χ4v) is 5.38. The van der Waals surface area contributed by atoms with Crippen molar-refractivity contribution in [3.8, 4) is 16.5 Å². The molecule has 2 aromatic heterocycles. The molecule has 0 aliphatic carbocycles. The number of aromatic nitrogens is 2. The van der Waals surface area contributed by atoms with Crippen LogP contribution in [0.4, 0.5) is 4.79 Å². The number of carbonyl (C=O) groups is 1. The second kappa shape index (κ2) is 10.1. The van der Waals surface area contributed by atoms with Crippen molar-refractivity contribution in [2.45, 2.75) is 50.5 Å². The van der Waals surface area contributed by atoms with Crippen LogP contribution in [0, 0.1) is 5.92 Å². The lowest BCUT2D eigenvalue weighted by Crippen LogP contribution is -2.41. The van der Waals surface area contributed by atoms with Crippen LogP contribution >= 0.6 is 11.3 Å². The lowest BCUT2D eigenvalue weighted by molar-refractivity contribution is 0.0177. The summed E-state index contributed by atoms with van der Waals surface area (Å²) in [6.07, 6.45) is 3.73. The number of rotatable bonds is 6. The molecular formula is C25H31N3O5S2. The van der Waals surface area contributed by atoms with Gasteiger partial charge in [-0.2, -0.15) is 0 Å². The summed E-state index contributed by atoms with van der Waals surface area (Å²) in [4.78, 5) is 24.3. The van der Waals surface area contributed by atoms with E-state index in [1.165, 1.54) is 17.6 Å². The van der Waals surface area contributed by atoms with Gasteiger partial charge >= 0.3 is 6.09 Å². The lowest BCUT2D eigenvalue weighted by Gasteiger charge is -2.33. The third kappa shape index (κ3) is 6.70. The molecule has 0 spiro atoms. The number of likely N-dealkylation sites (tertiary alicyclic amines) is 1. The first kappa shape index (κ1) is 25.4. The van der Waals surface area contributed by atoms with Gasteiger partial charge in [0.2, 0.25) is 0 Å². The van der Waals surface area contributed by atoms with Crippen molar-refractivity contribution in [3.05, 3.63) is 36.4 Å². The van der Waals surface area contributed by atoms with E-state index in [1.54, 1.807) is 29.2 Å². The van der Waals surface area contributed by atoms with Gasteiger partial charge in [-0.3, -0.25) is 0 Å². The number of fused-ring (bicyclic) bond motifs is 1. The minimum Gasteiger partial charge on any atom is -0.470 e. The maximum atomic E-state index is 12.2. The molecule has 35 heavy (non-hydrogen) atoms. The smallest absolute Gasteiger partial charge is 0.410 e. The molecule has 0 N–H and O–H groups in total. The van der Waals surface area contributed by atoms with Gasteiger partial charge in [0.1, 0.15) is 15.9 Å². The highest BCUT2D eigenvalue weighted by Crippen LogP contribution is 2.30. The van der Waals surface area contributed by atoms with E-state index in [1.807, 2.05) is 32.9 Å². The molecule has 0 saturated carbocycles. The molecule has 4 rings (SSSR count). The SMILES string of the molecule is CC(C)(C)OC(=O)N1CCC(CCOc2nc3ccc(-c4ccc(S(C)(=O)=O)cc4)nc3s2)CC1. The first-order valence-electron chi connectivity index (χ1n) is 11.7. The van der Waals surface area contributed by atoms with Gasteiger partial charge < -0.3 is 14.4 Å². The Balaban J connectivity index is 1.30. The maximum absolute atomic E-state index is 12.2. The van der Waals surface area contributed by atoms with Crippen LogP contribution in [0.15, 0.2) is 41.3 Å². The molecule has 0 bridgehead atoms. The van der Waals surface area contributed by atoms with Gasteiger partial charge in [-0.25, -0.2) is 23.2 Å². The van der Waals surface area contributed by atoms with Crippen LogP contribution in [0.2, 0.25) is 0 Å². The molecule has 1 amide bonds. The number of ether oxygens (including phenoxy) is 2. The minimum atomic E-state index is -3.23. The van der Waals surface area contributed by atoms with E-state index in [0.29, 0.717) is 30.8 Å². The summed E-state index contributed by atoms with van der Waals surface area (Å²) in [5.74, 6) is 0.502. The normalized spacial score (nSPS) is 15.4. The zero-order valence-corrected chi connectivity index (χ0v) is 22.1. The first-order chi connectivity index (χ1) is 16.5. The van der Waals surface area contributed by atoms with Crippen LogP contribution in [0.25, 0.3) is 21.6 Å². The van der Waals surface area contributed by atoms with Crippen LogP contribution in [0.3, 0.4) is 0 Å². The standard InChI is InChI=1S/C25H31N3O5S2/c1-25(2,3)33-24(29)28-14-11-17(12-15-28)13-16-32-23-27-21-10-9-20(26-22(21)34-23)18-5-7-19(8-6-18)35(4,30)31/h5-10,17H,11-16H2,1-4H3. The molecule has 0 atom stereocenters. The number of amides is 1. The Morgan fingerprint density at radius 3 is 2.40 bits per heavy atom. The maximum Gasteiger partial charge on any atom is 0.410 e. The van der Waals surface area contributed by atoms with E-state index in [4.69, 9.17) is 9.47 Å². The molecule has 10 heteroatoms. The Hall–Kier alpha value is -2.72. The number of sulfone groups is 1. The van der Waals surface area contributed by atoms with Crippen LogP contribution in [0.1, 0.15) is 40.0 Å². The Kier molecular flexibility index (Phi) is 7.32. The van der Waals surface area contributed by atoms with E-state index in [-0.39, 0.29) is 11.0 Å². The van der Waals surface area contributed by atoms with Gasteiger partial charge in [-0.15, -0.1) is 0 Å². The van der Waals surface area contributed by atoms with Crippen molar-refractivity contribution in [1.29, 1.82) is 0 Å². The highest BCUT2D eigenvalue weighted by Gasteiger charge is 2.26. The molecule has 1 saturated heterocycles. The molecule has 1 aliphatic rings. The van der Waals surface area contributed by atoms with E-state index < -0.39 is 15.4 Å². The Morgan fingerprint density at radius 1 is 1.09 bits per heavy atom. The molecule has 188 valence electrons. The van der Waals surface area contributed by atoms with E-state index in [9.17, 15) is 13.2 Å². The third-order valence-corrected chi connectivity index (χ3v) is 7.84. The number of carbonyl (C=O) groups excluding carboxylic acids is 1. The average Bonchev–Trinajstić information content (AvgIpc) is 3.20. The summed E-state index contributed by atoms with van der Waals surface area (Å²) in [6.45, 7) is 7.62. The van der Waals surface area contributed by atoms with E-state index in [2.05, 4.69) is 9.97 Å². The highest BCUT2D eigenvalue weighted by molar-refractivity contribution is 7.90. The van der Waals surface area contributed by atoms with Gasteiger partial charge in [0.25, 0.3) is 5.19 Å².